The van der Waals surface area contributed by atoms with Crippen LogP contribution in [0.2, 0.25) is 0 Å². The van der Waals surface area contributed by atoms with E-state index in [1.807, 2.05) is 0 Å². The van der Waals surface area contributed by atoms with Crippen LogP contribution >= 0.6 is 0 Å². The Labute approximate surface area is 138 Å². The topological polar surface area (TPSA) is 54.0 Å². The highest BCUT2D eigenvalue weighted by Gasteiger charge is 2.13. The van der Waals surface area contributed by atoms with E-state index in [4.69, 9.17) is 18.9 Å². The van der Waals surface area contributed by atoms with Crippen LogP contribution in [-0.4, -0.2) is 26.3 Å². The fourth-order valence-corrected chi connectivity index (χ4v) is 2.19. The van der Waals surface area contributed by atoms with Crippen LogP contribution in [0.5, 0.6) is 23.0 Å². The van der Waals surface area contributed by atoms with E-state index >= 15 is 0 Å². The average molecular weight is 330 g/mol. The van der Waals surface area contributed by atoms with Crippen molar-refractivity contribution in [2.24, 2.45) is 0 Å². The molecule has 0 aliphatic carbocycles. The van der Waals surface area contributed by atoms with Crippen LogP contribution in [0, 0.1) is 5.82 Å². The molecule has 0 saturated heterocycles. The molecule has 1 aliphatic rings. The Bertz CT molecular complexity index is 785. The molecule has 0 spiro atoms. The van der Waals surface area contributed by atoms with E-state index in [0.29, 0.717) is 36.0 Å². The van der Waals surface area contributed by atoms with Crippen molar-refractivity contribution in [1.82, 2.24) is 0 Å². The monoisotopic (exact) mass is 330 g/mol. The molecule has 0 saturated carbocycles. The SMILES string of the molecule is COc1ccc(/C=C/C(=O)Oc2ccc3c(c2)OCCO3)cc1F. The van der Waals surface area contributed by atoms with E-state index in [0.717, 1.165) is 0 Å². The van der Waals surface area contributed by atoms with Gasteiger partial charge in [-0.2, -0.15) is 0 Å². The number of hydrogen-bond acceptors (Lipinski definition) is 5. The van der Waals surface area contributed by atoms with E-state index in [-0.39, 0.29) is 5.75 Å². The lowest BCUT2D eigenvalue weighted by atomic mass is 10.2. The molecule has 3 rings (SSSR count). The number of fused-ring (bicyclic) bond motifs is 1. The van der Waals surface area contributed by atoms with Gasteiger partial charge in [-0.3, -0.25) is 0 Å². The largest absolute Gasteiger partial charge is 0.494 e. The molecule has 2 aromatic carbocycles. The molecule has 2 aromatic rings. The number of methoxy groups -OCH3 is 1. The molecule has 0 amide bonds. The van der Waals surface area contributed by atoms with Crippen LogP contribution in [0.1, 0.15) is 5.56 Å². The van der Waals surface area contributed by atoms with Crippen LogP contribution in [-0.2, 0) is 4.79 Å². The minimum atomic E-state index is -0.581. The number of halogens is 1. The van der Waals surface area contributed by atoms with E-state index in [1.165, 1.54) is 31.4 Å². The number of carbonyl (C=O) groups excluding carboxylic acids is 1. The first-order chi connectivity index (χ1) is 11.7. The second-order valence-corrected chi connectivity index (χ2v) is 4.95. The molecule has 5 nitrogen and oxygen atoms in total. The summed E-state index contributed by atoms with van der Waals surface area (Å²) in [7, 11) is 1.39. The molecule has 124 valence electrons. The third-order valence-electron chi connectivity index (χ3n) is 3.32. The number of hydrogen-bond donors (Lipinski definition) is 0. The van der Waals surface area contributed by atoms with Crippen molar-refractivity contribution in [1.29, 1.82) is 0 Å². The highest BCUT2D eigenvalue weighted by molar-refractivity contribution is 5.88. The summed E-state index contributed by atoms with van der Waals surface area (Å²) in [6.07, 6.45) is 2.68. The lowest BCUT2D eigenvalue weighted by molar-refractivity contribution is -0.128. The Morgan fingerprint density at radius 2 is 1.92 bits per heavy atom. The van der Waals surface area contributed by atoms with Gasteiger partial charge in [-0.05, 0) is 35.9 Å². The smallest absolute Gasteiger partial charge is 0.336 e. The minimum absolute atomic E-state index is 0.144. The molecule has 0 N–H and O–H groups in total. The zero-order chi connectivity index (χ0) is 16.9. The van der Waals surface area contributed by atoms with Crippen molar-refractivity contribution in [3.05, 3.63) is 53.9 Å². The van der Waals surface area contributed by atoms with E-state index < -0.39 is 11.8 Å². The average Bonchev–Trinajstić information content (AvgIpc) is 2.60. The van der Waals surface area contributed by atoms with E-state index in [2.05, 4.69) is 0 Å². The van der Waals surface area contributed by atoms with Gasteiger partial charge < -0.3 is 18.9 Å². The Morgan fingerprint density at radius 1 is 1.12 bits per heavy atom. The maximum Gasteiger partial charge on any atom is 0.336 e. The summed E-state index contributed by atoms with van der Waals surface area (Å²) >= 11 is 0. The number of esters is 1. The molecule has 24 heavy (non-hydrogen) atoms. The summed E-state index contributed by atoms with van der Waals surface area (Å²) in [5.41, 5.74) is 0.521. The third kappa shape index (κ3) is 3.65. The molecule has 0 fully saturated rings. The predicted molar refractivity (Wildman–Crippen MR) is 85.1 cm³/mol. The molecule has 6 heteroatoms. The van der Waals surface area contributed by atoms with Crippen LogP contribution < -0.4 is 18.9 Å². The highest BCUT2D eigenvalue weighted by atomic mass is 19.1. The molecule has 0 radical (unpaired) electrons. The summed E-state index contributed by atoms with van der Waals surface area (Å²) in [5, 5.41) is 0. The maximum atomic E-state index is 13.6. The molecule has 0 atom stereocenters. The van der Waals surface area contributed by atoms with Gasteiger partial charge in [-0.1, -0.05) is 6.07 Å². The van der Waals surface area contributed by atoms with Gasteiger partial charge >= 0.3 is 5.97 Å². The number of ether oxygens (including phenoxy) is 4. The van der Waals surface area contributed by atoms with Gasteiger partial charge in [0.2, 0.25) is 0 Å². The van der Waals surface area contributed by atoms with Gasteiger partial charge in [0.1, 0.15) is 19.0 Å². The lowest BCUT2D eigenvalue weighted by Crippen LogP contribution is -2.15. The Hall–Kier alpha value is -3.02. The molecular weight excluding hydrogens is 315 g/mol. The highest BCUT2D eigenvalue weighted by Crippen LogP contribution is 2.33. The van der Waals surface area contributed by atoms with Crippen LogP contribution in [0.15, 0.2) is 42.5 Å². The zero-order valence-corrected chi connectivity index (χ0v) is 13.0. The minimum Gasteiger partial charge on any atom is -0.494 e. The van der Waals surface area contributed by atoms with Gasteiger partial charge in [0.25, 0.3) is 0 Å². The molecule has 0 aromatic heterocycles. The van der Waals surface area contributed by atoms with Crippen molar-refractivity contribution in [3.8, 4) is 23.0 Å². The van der Waals surface area contributed by atoms with E-state index in [9.17, 15) is 9.18 Å². The zero-order valence-electron chi connectivity index (χ0n) is 13.0. The van der Waals surface area contributed by atoms with Gasteiger partial charge in [0, 0.05) is 12.1 Å². The molecule has 1 aliphatic heterocycles. The summed E-state index contributed by atoms with van der Waals surface area (Å²) in [6.45, 7) is 0.945. The second kappa shape index (κ2) is 7.04. The molecule has 0 bridgehead atoms. The third-order valence-corrected chi connectivity index (χ3v) is 3.32. The van der Waals surface area contributed by atoms with Gasteiger partial charge in [0.05, 0.1) is 7.11 Å². The maximum absolute atomic E-state index is 13.6. The van der Waals surface area contributed by atoms with Gasteiger partial charge in [0.15, 0.2) is 23.1 Å². The van der Waals surface area contributed by atoms with Crippen molar-refractivity contribution in [2.75, 3.05) is 20.3 Å². The van der Waals surface area contributed by atoms with Crippen molar-refractivity contribution < 1.29 is 28.1 Å². The number of carbonyl (C=O) groups is 1. The number of benzene rings is 2. The summed E-state index contributed by atoms with van der Waals surface area (Å²) < 4.78 is 34.4. The van der Waals surface area contributed by atoms with Crippen molar-refractivity contribution >= 4 is 12.0 Å². The summed E-state index contributed by atoms with van der Waals surface area (Å²) in [6, 6.07) is 9.28. The molecule has 1 heterocycles. The molecule has 0 unspecified atom stereocenters. The number of rotatable bonds is 4. The lowest BCUT2D eigenvalue weighted by Gasteiger charge is -2.18. The Balaban J connectivity index is 1.66. The van der Waals surface area contributed by atoms with Gasteiger partial charge in [-0.15, -0.1) is 0 Å². The van der Waals surface area contributed by atoms with Crippen LogP contribution in [0.4, 0.5) is 4.39 Å². The fourth-order valence-electron chi connectivity index (χ4n) is 2.19. The van der Waals surface area contributed by atoms with Crippen molar-refractivity contribution in [3.63, 3.8) is 0 Å². The first-order valence-corrected chi connectivity index (χ1v) is 7.29. The first kappa shape index (κ1) is 15.9. The van der Waals surface area contributed by atoms with Crippen LogP contribution in [0.25, 0.3) is 6.08 Å². The predicted octanol–water partition coefficient (Wildman–Crippen LogP) is 3.22. The standard InChI is InChI=1S/C18H15FO5/c1-21-15-5-2-12(10-14(15)19)3-7-18(20)24-13-4-6-16-17(11-13)23-9-8-22-16/h2-7,10-11H,8-9H2,1H3/b7-3+. The van der Waals surface area contributed by atoms with Gasteiger partial charge in [-0.25, -0.2) is 9.18 Å². The fraction of sp³-hybridized carbons (Fsp3) is 0.167. The second-order valence-electron chi connectivity index (χ2n) is 4.95. The first-order valence-electron chi connectivity index (χ1n) is 7.29. The summed E-state index contributed by atoms with van der Waals surface area (Å²) in [4.78, 5) is 11.9. The quantitative estimate of drug-likeness (QED) is 0.489. The normalized spacial score (nSPS) is 12.9. The van der Waals surface area contributed by atoms with E-state index in [1.54, 1.807) is 24.3 Å². The Morgan fingerprint density at radius 3 is 2.67 bits per heavy atom. The molecular formula is C18H15FO5. The van der Waals surface area contributed by atoms with Crippen molar-refractivity contribution in [2.45, 2.75) is 0 Å². The summed E-state index contributed by atoms with van der Waals surface area (Å²) in [5.74, 6) is 0.557. The Kier molecular flexibility index (Phi) is 4.65. The van der Waals surface area contributed by atoms with Crippen LogP contribution in [0.3, 0.4) is 0 Å².